The second-order valence-electron chi connectivity index (χ2n) is 9.96. The summed E-state index contributed by atoms with van der Waals surface area (Å²) in [5.41, 5.74) is 1.39. The Morgan fingerprint density at radius 3 is 1.97 bits per heavy atom. The number of amides is 2. The van der Waals surface area contributed by atoms with E-state index in [1.54, 1.807) is 6.07 Å². The Labute approximate surface area is 207 Å². The number of para-hydroxylation sites is 1. The van der Waals surface area contributed by atoms with Gasteiger partial charge in [0.05, 0.1) is 5.69 Å². The zero-order valence-corrected chi connectivity index (χ0v) is 20.3. The first-order valence-electron chi connectivity index (χ1n) is 13.0. The maximum atomic E-state index is 14.1. The van der Waals surface area contributed by atoms with Crippen molar-refractivity contribution in [3.05, 3.63) is 66.0 Å². The van der Waals surface area contributed by atoms with Crippen LogP contribution in [0.5, 0.6) is 0 Å². The molecule has 35 heavy (non-hydrogen) atoms. The number of carbonyl (C=O) groups is 2. The first-order valence-corrected chi connectivity index (χ1v) is 13.0. The molecule has 0 radical (unpaired) electrons. The van der Waals surface area contributed by atoms with Crippen molar-refractivity contribution >= 4 is 17.5 Å². The van der Waals surface area contributed by atoms with Crippen LogP contribution in [-0.2, 0) is 4.79 Å². The van der Waals surface area contributed by atoms with E-state index in [4.69, 9.17) is 0 Å². The van der Waals surface area contributed by atoms with Gasteiger partial charge in [0, 0.05) is 56.8 Å². The van der Waals surface area contributed by atoms with Crippen LogP contribution in [0, 0.1) is 11.7 Å². The normalized spacial score (nSPS) is 20.8. The van der Waals surface area contributed by atoms with E-state index in [1.807, 2.05) is 57.2 Å². The third-order valence-electron chi connectivity index (χ3n) is 7.95. The molecule has 2 aromatic rings. The number of rotatable bonds is 4. The van der Waals surface area contributed by atoms with E-state index in [0.717, 1.165) is 57.4 Å². The number of likely N-dealkylation sites (tertiary alicyclic amines) is 2. The first-order chi connectivity index (χ1) is 17.1. The molecule has 2 amide bonds. The van der Waals surface area contributed by atoms with Gasteiger partial charge in [0.25, 0.3) is 5.91 Å². The number of carbonyl (C=O) groups excluding carboxylic acids is 2. The predicted octanol–water partition coefficient (Wildman–Crippen LogP) is 3.49. The number of hydrogen-bond acceptors (Lipinski definition) is 4. The molecule has 3 heterocycles. The van der Waals surface area contributed by atoms with Crippen LogP contribution in [0.25, 0.3) is 0 Å². The number of piperidine rings is 2. The fraction of sp³-hybridized carbons (Fsp3) is 0.500. The molecule has 2 aromatic carbocycles. The van der Waals surface area contributed by atoms with Crippen LogP contribution in [0.1, 0.15) is 36.0 Å². The van der Waals surface area contributed by atoms with Gasteiger partial charge in [-0.3, -0.25) is 9.59 Å². The molecule has 0 bridgehead atoms. The number of halogens is 1. The highest BCUT2D eigenvalue weighted by molar-refractivity contribution is 5.94. The van der Waals surface area contributed by atoms with Crippen LogP contribution in [0.2, 0.25) is 0 Å². The second kappa shape index (κ2) is 10.8. The van der Waals surface area contributed by atoms with E-state index in [1.165, 1.54) is 6.07 Å². The quantitative estimate of drug-likeness (QED) is 0.675. The Kier molecular flexibility index (Phi) is 7.32. The van der Waals surface area contributed by atoms with Crippen molar-refractivity contribution in [1.29, 1.82) is 0 Å². The molecule has 5 rings (SSSR count). The summed E-state index contributed by atoms with van der Waals surface area (Å²) in [6.07, 6.45) is 3.79. The predicted molar refractivity (Wildman–Crippen MR) is 135 cm³/mol. The molecule has 3 saturated heterocycles. The molecular weight excluding hydrogens is 443 g/mol. The zero-order chi connectivity index (χ0) is 24.2. The second-order valence-corrected chi connectivity index (χ2v) is 9.96. The largest absolute Gasteiger partial charge is 0.366 e. The Hall–Kier alpha value is -2.93. The molecule has 0 saturated carbocycles. The summed E-state index contributed by atoms with van der Waals surface area (Å²) in [7, 11) is 0. The minimum atomic E-state index is -0.199. The first kappa shape index (κ1) is 23.8. The SMILES string of the molecule is O=C(c1ccccc1)N1CCC(N2CCC(C(=O)N3CCN(c4ccccc4F)CC3)CC2)CC1. The van der Waals surface area contributed by atoms with Crippen molar-refractivity contribution in [2.45, 2.75) is 31.7 Å². The lowest BCUT2D eigenvalue weighted by molar-refractivity contribution is -0.137. The lowest BCUT2D eigenvalue weighted by Gasteiger charge is -2.43. The Balaban J connectivity index is 1.06. The van der Waals surface area contributed by atoms with E-state index in [9.17, 15) is 14.0 Å². The van der Waals surface area contributed by atoms with Gasteiger partial charge in [-0.2, -0.15) is 0 Å². The summed E-state index contributed by atoms with van der Waals surface area (Å²) >= 11 is 0. The lowest BCUT2D eigenvalue weighted by Crippen LogP contribution is -2.53. The van der Waals surface area contributed by atoms with Crippen LogP contribution in [-0.4, -0.2) is 84.9 Å². The van der Waals surface area contributed by atoms with E-state index >= 15 is 0 Å². The monoisotopic (exact) mass is 478 g/mol. The average molecular weight is 479 g/mol. The van der Waals surface area contributed by atoms with Gasteiger partial charge in [0.15, 0.2) is 0 Å². The molecule has 3 fully saturated rings. The summed E-state index contributed by atoms with van der Waals surface area (Å²) in [4.78, 5) is 34.4. The number of nitrogens with zero attached hydrogens (tertiary/aromatic N) is 4. The van der Waals surface area contributed by atoms with Crippen molar-refractivity contribution in [2.75, 3.05) is 57.3 Å². The molecule has 3 aliphatic rings. The van der Waals surface area contributed by atoms with E-state index < -0.39 is 0 Å². The lowest BCUT2D eigenvalue weighted by atomic mass is 9.92. The molecule has 0 unspecified atom stereocenters. The third-order valence-corrected chi connectivity index (χ3v) is 7.95. The van der Waals surface area contributed by atoms with Gasteiger partial charge >= 0.3 is 0 Å². The molecule has 7 heteroatoms. The van der Waals surface area contributed by atoms with E-state index in [2.05, 4.69) is 4.90 Å². The van der Waals surface area contributed by atoms with Crippen molar-refractivity contribution in [3.8, 4) is 0 Å². The van der Waals surface area contributed by atoms with Crippen molar-refractivity contribution in [1.82, 2.24) is 14.7 Å². The standard InChI is InChI=1S/C28H35FN4O2/c29-25-8-4-5-9-26(25)31-18-20-33(21-19-31)28(35)23-10-14-30(15-11-23)24-12-16-32(17-13-24)27(34)22-6-2-1-3-7-22/h1-9,23-24H,10-21H2. The number of piperazine rings is 1. The van der Waals surface area contributed by atoms with E-state index in [0.29, 0.717) is 37.9 Å². The Morgan fingerprint density at radius 2 is 1.31 bits per heavy atom. The number of hydrogen-bond donors (Lipinski definition) is 0. The number of benzene rings is 2. The highest BCUT2D eigenvalue weighted by Crippen LogP contribution is 2.27. The topological polar surface area (TPSA) is 47.1 Å². The Morgan fingerprint density at radius 1 is 0.686 bits per heavy atom. The van der Waals surface area contributed by atoms with Gasteiger partial charge in [-0.05, 0) is 63.0 Å². The summed E-state index contributed by atoms with van der Waals surface area (Å²) in [5.74, 6) is 0.283. The fourth-order valence-corrected chi connectivity index (χ4v) is 5.84. The summed E-state index contributed by atoms with van der Waals surface area (Å²) in [5, 5.41) is 0. The number of anilines is 1. The molecule has 0 N–H and O–H groups in total. The van der Waals surface area contributed by atoms with Crippen molar-refractivity contribution in [3.63, 3.8) is 0 Å². The Bertz CT molecular complexity index is 1010. The van der Waals surface area contributed by atoms with Crippen molar-refractivity contribution < 1.29 is 14.0 Å². The molecule has 0 aliphatic carbocycles. The van der Waals surface area contributed by atoms with E-state index in [-0.39, 0.29) is 23.5 Å². The third kappa shape index (κ3) is 5.35. The summed E-state index contributed by atoms with van der Waals surface area (Å²) in [6, 6.07) is 16.9. The minimum absolute atomic E-state index is 0.0889. The maximum Gasteiger partial charge on any atom is 0.253 e. The summed E-state index contributed by atoms with van der Waals surface area (Å²) < 4.78 is 14.1. The molecule has 0 spiro atoms. The maximum absolute atomic E-state index is 14.1. The van der Waals surface area contributed by atoms with Gasteiger partial charge in [-0.1, -0.05) is 30.3 Å². The minimum Gasteiger partial charge on any atom is -0.366 e. The van der Waals surface area contributed by atoms with Crippen LogP contribution < -0.4 is 4.90 Å². The van der Waals surface area contributed by atoms with Gasteiger partial charge < -0.3 is 19.6 Å². The van der Waals surface area contributed by atoms with Gasteiger partial charge in [-0.15, -0.1) is 0 Å². The van der Waals surface area contributed by atoms with Crippen molar-refractivity contribution in [2.24, 2.45) is 5.92 Å². The van der Waals surface area contributed by atoms with Gasteiger partial charge in [-0.25, -0.2) is 4.39 Å². The summed E-state index contributed by atoms with van der Waals surface area (Å²) in [6.45, 7) is 6.14. The smallest absolute Gasteiger partial charge is 0.253 e. The highest BCUT2D eigenvalue weighted by atomic mass is 19.1. The molecule has 6 nitrogen and oxygen atoms in total. The zero-order valence-electron chi connectivity index (χ0n) is 20.3. The molecule has 0 atom stereocenters. The van der Waals surface area contributed by atoms with Crippen LogP contribution in [0.4, 0.5) is 10.1 Å². The van der Waals surface area contributed by atoms with Crippen LogP contribution in [0.3, 0.4) is 0 Å². The average Bonchev–Trinajstić information content (AvgIpc) is 2.93. The van der Waals surface area contributed by atoms with Crippen LogP contribution >= 0.6 is 0 Å². The highest BCUT2D eigenvalue weighted by Gasteiger charge is 2.34. The van der Waals surface area contributed by atoms with Gasteiger partial charge in [0.1, 0.15) is 5.82 Å². The molecular formula is C28H35FN4O2. The molecule has 0 aromatic heterocycles. The van der Waals surface area contributed by atoms with Crippen LogP contribution in [0.15, 0.2) is 54.6 Å². The molecule has 3 aliphatic heterocycles. The molecule has 186 valence electrons. The fourth-order valence-electron chi connectivity index (χ4n) is 5.84. The van der Waals surface area contributed by atoms with Gasteiger partial charge in [0.2, 0.25) is 5.91 Å².